The van der Waals surface area contributed by atoms with Crippen LogP contribution in [0.25, 0.3) is 33.4 Å². The molecule has 2 aromatic carbocycles. The van der Waals surface area contributed by atoms with Gasteiger partial charge in [-0.15, -0.1) is 0 Å². The molecule has 0 radical (unpaired) electrons. The Kier molecular flexibility index (Phi) is 5.49. The molecule has 0 aliphatic heterocycles. The number of nitrogens with zero attached hydrogens (tertiary/aromatic N) is 2. The molecule has 0 aliphatic rings. The number of halogens is 3. The molecule has 4 aromatic rings. The molecule has 0 saturated heterocycles. The van der Waals surface area contributed by atoms with E-state index < -0.39 is 0 Å². The van der Waals surface area contributed by atoms with E-state index in [1.165, 1.54) is 4.57 Å². The van der Waals surface area contributed by atoms with Gasteiger partial charge in [0.05, 0.1) is 16.4 Å². The molecular formula is C23H18Cl3N3O. The van der Waals surface area contributed by atoms with Crippen LogP contribution in [0.4, 0.5) is 5.69 Å². The maximum atomic E-state index is 12.8. The molecule has 0 unspecified atom stereocenters. The van der Waals surface area contributed by atoms with Gasteiger partial charge in [0.2, 0.25) is 0 Å². The molecule has 152 valence electrons. The van der Waals surface area contributed by atoms with Crippen molar-refractivity contribution < 1.29 is 0 Å². The molecule has 2 N–H and O–H groups in total. The molecule has 30 heavy (non-hydrogen) atoms. The first kappa shape index (κ1) is 20.7. The predicted molar refractivity (Wildman–Crippen MR) is 127 cm³/mol. The van der Waals surface area contributed by atoms with Gasteiger partial charge in [-0.25, -0.2) is 4.98 Å². The van der Waals surface area contributed by atoms with Gasteiger partial charge in [0.1, 0.15) is 5.65 Å². The van der Waals surface area contributed by atoms with Crippen molar-refractivity contribution in [3.8, 4) is 22.4 Å². The van der Waals surface area contributed by atoms with Crippen LogP contribution >= 0.6 is 34.8 Å². The van der Waals surface area contributed by atoms with E-state index in [0.717, 1.165) is 11.1 Å². The maximum Gasteiger partial charge on any atom is 0.257 e. The highest BCUT2D eigenvalue weighted by atomic mass is 35.5. The fourth-order valence-corrected chi connectivity index (χ4v) is 4.24. The van der Waals surface area contributed by atoms with Crippen molar-refractivity contribution in [2.75, 3.05) is 5.73 Å². The van der Waals surface area contributed by atoms with Crippen molar-refractivity contribution in [2.24, 2.45) is 7.05 Å². The lowest BCUT2D eigenvalue weighted by Crippen LogP contribution is -2.24. The van der Waals surface area contributed by atoms with E-state index in [1.807, 2.05) is 43.3 Å². The quantitative estimate of drug-likeness (QED) is 0.388. The van der Waals surface area contributed by atoms with E-state index in [4.69, 9.17) is 45.5 Å². The second-order valence-electron chi connectivity index (χ2n) is 7.00. The summed E-state index contributed by atoms with van der Waals surface area (Å²) >= 11 is 18.7. The van der Waals surface area contributed by atoms with Crippen molar-refractivity contribution in [2.45, 2.75) is 13.3 Å². The van der Waals surface area contributed by atoms with Gasteiger partial charge in [-0.1, -0.05) is 53.9 Å². The minimum absolute atomic E-state index is 0.151. The number of fused-ring (bicyclic) bond motifs is 1. The highest BCUT2D eigenvalue weighted by Crippen LogP contribution is 2.39. The lowest BCUT2D eigenvalue weighted by atomic mass is 9.97. The SMILES string of the molecule is CCc1c(N)c2cc(-c3ccc(Cl)cc3)c(-c3ccc(Cl)cc3Cl)nc2n(C)c1=O. The summed E-state index contributed by atoms with van der Waals surface area (Å²) in [6, 6.07) is 14.7. The minimum Gasteiger partial charge on any atom is -0.398 e. The van der Waals surface area contributed by atoms with E-state index in [1.54, 1.807) is 19.2 Å². The molecule has 4 rings (SSSR count). The number of rotatable bonds is 3. The fourth-order valence-electron chi connectivity index (χ4n) is 3.61. The van der Waals surface area contributed by atoms with Gasteiger partial charge < -0.3 is 5.73 Å². The Morgan fingerprint density at radius 3 is 2.27 bits per heavy atom. The summed E-state index contributed by atoms with van der Waals surface area (Å²) in [6.45, 7) is 1.91. The standard InChI is InChI=1S/C23H18Cl3N3O/c1-3-15-20(27)18-11-17(12-4-6-13(24)7-5-12)21(28-22(18)29(2)23(15)30)16-9-8-14(25)10-19(16)26/h4-11H,3,27H2,1-2H3. The summed E-state index contributed by atoms with van der Waals surface area (Å²) < 4.78 is 1.53. The highest BCUT2D eigenvalue weighted by molar-refractivity contribution is 6.36. The van der Waals surface area contributed by atoms with Gasteiger partial charge in [0.15, 0.2) is 0 Å². The van der Waals surface area contributed by atoms with Gasteiger partial charge in [-0.2, -0.15) is 0 Å². The Balaban J connectivity index is 2.15. The number of hydrogen-bond donors (Lipinski definition) is 1. The van der Waals surface area contributed by atoms with Gasteiger partial charge in [0, 0.05) is 39.2 Å². The zero-order chi connectivity index (χ0) is 21.6. The molecule has 7 heteroatoms. The molecule has 2 aromatic heterocycles. The Bertz CT molecular complexity index is 1350. The number of aromatic nitrogens is 2. The average molecular weight is 459 g/mol. The Morgan fingerprint density at radius 1 is 0.967 bits per heavy atom. The van der Waals surface area contributed by atoms with Gasteiger partial charge in [0.25, 0.3) is 5.56 Å². The maximum absolute atomic E-state index is 12.8. The smallest absolute Gasteiger partial charge is 0.257 e. The normalized spacial score (nSPS) is 11.2. The minimum atomic E-state index is -0.151. The molecular weight excluding hydrogens is 441 g/mol. The topological polar surface area (TPSA) is 60.9 Å². The van der Waals surface area contributed by atoms with E-state index in [9.17, 15) is 4.79 Å². The Hall–Kier alpha value is -2.53. The summed E-state index contributed by atoms with van der Waals surface area (Å²) in [5.74, 6) is 0. The highest BCUT2D eigenvalue weighted by Gasteiger charge is 2.19. The van der Waals surface area contributed by atoms with Crippen LogP contribution in [0.2, 0.25) is 15.1 Å². The molecule has 0 fully saturated rings. The lowest BCUT2D eigenvalue weighted by molar-refractivity contribution is 0.864. The number of nitrogen functional groups attached to an aromatic ring is 1. The Labute approximate surface area is 188 Å². The third kappa shape index (κ3) is 3.45. The van der Waals surface area contributed by atoms with E-state index in [0.29, 0.717) is 55.0 Å². The van der Waals surface area contributed by atoms with Gasteiger partial charge >= 0.3 is 0 Å². The molecule has 0 aliphatic carbocycles. The van der Waals surface area contributed by atoms with Crippen molar-refractivity contribution in [3.05, 3.63) is 79.5 Å². The Morgan fingerprint density at radius 2 is 1.63 bits per heavy atom. The second-order valence-corrected chi connectivity index (χ2v) is 8.28. The van der Waals surface area contributed by atoms with E-state index in [-0.39, 0.29) is 5.56 Å². The largest absolute Gasteiger partial charge is 0.398 e. The van der Waals surface area contributed by atoms with Crippen molar-refractivity contribution in [3.63, 3.8) is 0 Å². The molecule has 0 atom stereocenters. The van der Waals surface area contributed by atoms with Crippen LogP contribution in [-0.2, 0) is 13.5 Å². The van der Waals surface area contributed by atoms with Crippen LogP contribution in [-0.4, -0.2) is 9.55 Å². The first-order valence-corrected chi connectivity index (χ1v) is 10.5. The lowest BCUT2D eigenvalue weighted by Gasteiger charge is -2.17. The summed E-state index contributed by atoms with van der Waals surface area (Å²) in [7, 11) is 1.70. The molecule has 4 nitrogen and oxygen atoms in total. The number of aryl methyl sites for hydroxylation is 1. The van der Waals surface area contributed by atoms with Crippen molar-refractivity contribution in [1.29, 1.82) is 0 Å². The van der Waals surface area contributed by atoms with Crippen LogP contribution in [0.5, 0.6) is 0 Å². The van der Waals surface area contributed by atoms with Crippen LogP contribution < -0.4 is 11.3 Å². The van der Waals surface area contributed by atoms with Crippen LogP contribution in [0.3, 0.4) is 0 Å². The van der Waals surface area contributed by atoms with Crippen LogP contribution in [0.1, 0.15) is 12.5 Å². The van der Waals surface area contributed by atoms with Crippen LogP contribution in [0, 0.1) is 0 Å². The van der Waals surface area contributed by atoms with Crippen molar-refractivity contribution >= 4 is 51.5 Å². The predicted octanol–water partition coefficient (Wildman–Crippen LogP) is 6.37. The first-order valence-electron chi connectivity index (χ1n) is 9.35. The number of anilines is 1. The zero-order valence-corrected chi connectivity index (χ0v) is 18.6. The summed E-state index contributed by atoms with van der Waals surface area (Å²) in [6.07, 6.45) is 0.537. The number of nitrogens with two attached hydrogens (primary N) is 1. The average Bonchev–Trinajstić information content (AvgIpc) is 2.72. The van der Waals surface area contributed by atoms with Gasteiger partial charge in [-0.05, 0) is 48.4 Å². The summed E-state index contributed by atoms with van der Waals surface area (Å²) in [5.41, 5.74) is 10.8. The van der Waals surface area contributed by atoms with Gasteiger partial charge in [-0.3, -0.25) is 9.36 Å². The van der Waals surface area contributed by atoms with E-state index in [2.05, 4.69) is 0 Å². The second kappa shape index (κ2) is 7.95. The number of hydrogen-bond acceptors (Lipinski definition) is 3. The third-order valence-electron chi connectivity index (χ3n) is 5.19. The molecule has 0 amide bonds. The van der Waals surface area contributed by atoms with E-state index >= 15 is 0 Å². The molecule has 2 heterocycles. The molecule has 0 bridgehead atoms. The third-order valence-corrected chi connectivity index (χ3v) is 5.99. The summed E-state index contributed by atoms with van der Waals surface area (Å²) in [5, 5.41) is 2.34. The van der Waals surface area contributed by atoms with Crippen LogP contribution in [0.15, 0.2) is 53.3 Å². The summed E-state index contributed by atoms with van der Waals surface area (Å²) in [4.78, 5) is 17.6. The molecule has 0 spiro atoms. The number of benzene rings is 2. The molecule has 0 saturated carbocycles. The monoisotopic (exact) mass is 457 g/mol. The fraction of sp³-hybridized carbons (Fsp3) is 0.130. The number of pyridine rings is 2. The first-order chi connectivity index (χ1) is 14.3. The van der Waals surface area contributed by atoms with Crippen molar-refractivity contribution in [1.82, 2.24) is 9.55 Å². The zero-order valence-electron chi connectivity index (χ0n) is 16.3.